The Hall–Kier alpha value is -0.570. The lowest BCUT2D eigenvalue weighted by Gasteiger charge is -2.26. The summed E-state index contributed by atoms with van der Waals surface area (Å²) >= 11 is 0. The maximum Gasteiger partial charge on any atom is 0.220 e. The summed E-state index contributed by atoms with van der Waals surface area (Å²) in [6.45, 7) is 4.28. The van der Waals surface area contributed by atoms with Gasteiger partial charge in [0.15, 0.2) is 0 Å². The van der Waals surface area contributed by atoms with Crippen molar-refractivity contribution in [3.05, 3.63) is 0 Å². The SMILES string of the molecule is CCCCC(C)NC(=O)CC1CCCC(N)C1. The minimum absolute atomic E-state index is 0.215. The first-order valence-electron chi connectivity index (χ1n) is 7.16. The lowest BCUT2D eigenvalue weighted by Crippen LogP contribution is -2.36. The predicted molar refractivity (Wildman–Crippen MR) is 71.7 cm³/mol. The molecule has 0 saturated heterocycles. The number of carbonyl (C=O) groups excluding carboxylic acids is 1. The number of hydrogen-bond donors (Lipinski definition) is 2. The third-order valence-electron chi connectivity index (χ3n) is 3.70. The van der Waals surface area contributed by atoms with Crippen LogP contribution in [-0.4, -0.2) is 18.0 Å². The summed E-state index contributed by atoms with van der Waals surface area (Å²) in [4.78, 5) is 11.8. The van der Waals surface area contributed by atoms with Crippen LogP contribution in [0.2, 0.25) is 0 Å². The molecule has 3 unspecified atom stereocenters. The average molecular weight is 240 g/mol. The normalized spacial score (nSPS) is 26.5. The van der Waals surface area contributed by atoms with E-state index in [1.54, 1.807) is 0 Å². The molecule has 0 bridgehead atoms. The van der Waals surface area contributed by atoms with Gasteiger partial charge in [0.25, 0.3) is 0 Å². The van der Waals surface area contributed by atoms with Crippen molar-refractivity contribution >= 4 is 5.91 Å². The summed E-state index contributed by atoms with van der Waals surface area (Å²) in [5.41, 5.74) is 5.94. The van der Waals surface area contributed by atoms with Gasteiger partial charge in [0.1, 0.15) is 0 Å². The molecule has 3 atom stereocenters. The molecule has 0 spiro atoms. The molecule has 0 heterocycles. The number of rotatable bonds is 6. The van der Waals surface area contributed by atoms with E-state index in [9.17, 15) is 4.79 Å². The number of unbranched alkanes of at least 4 members (excludes halogenated alkanes) is 1. The van der Waals surface area contributed by atoms with Crippen LogP contribution in [0.15, 0.2) is 0 Å². The summed E-state index contributed by atoms with van der Waals surface area (Å²) in [5.74, 6) is 0.727. The minimum Gasteiger partial charge on any atom is -0.354 e. The van der Waals surface area contributed by atoms with Crippen molar-refractivity contribution in [1.29, 1.82) is 0 Å². The highest BCUT2D eigenvalue weighted by Crippen LogP contribution is 2.25. The molecule has 1 amide bonds. The number of hydrogen-bond acceptors (Lipinski definition) is 2. The van der Waals surface area contributed by atoms with Gasteiger partial charge in [-0.05, 0) is 38.5 Å². The van der Waals surface area contributed by atoms with Crippen molar-refractivity contribution in [1.82, 2.24) is 5.32 Å². The Labute approximate surface area is 106 Å². The van der Waals surface area contributed by atoms with E-state index in [2.05, 4.69) is 19.2 Å². The molecule has 0 aromatic carbocycles. The van der Waals surface area contributed by atoms with Gasteiger partial charge in [0.2, 0.25) is 5.91 Å². The maximum atomic E-state index is 11.8. The van der Waals surface area contributed by atoms with E-state index in [0.29, 0.717) is 24.4 Å². The first kappa shape index (κ1) is 14.5. The molecule has 1 aliphatic carbocycles. The van der Waals surface area contributed by atoms with Gasteiger partial charge in [0, 0.05) is 18.5 Å². The van der Waals surface area contributed by atoms with Gasteiger partial charge in [-0.25, -0.2) is 0 Å². The van der Waals surface area contributed by atoms with Gasteiger partial charge < -0.3 is 11.1 Å². The molecule has 0 aromatic heterocycles. The molecule has 3 heteroatoms. The molecule has 3 nitrogen and oxygen atoms in total. The van der Waals surface area contributed by atoms with Crippen LogP contribution in [-0.2, 0) is 4.79 Å². The van der Waals surface area contributed by atoms with Crippen LogP contribution in [0.5, 0.6) is 0 Å². The Morgan fingerprint density at radius 2 is 2.24 bits per heavy atom. The van der Waals surface area contributed by atoms with E-state index in [1.807, 2.05) is 0 Å². The zero-order valence-electron chi connectivity index (χ0n) is 11.4. The van der Waals surface area contributed by atoms with Crippen LogP contribution in [0.3, 0.4) is 0 Å². The third-order valence-corrected chi connectivity index (χ3v) is 3.70. The molecule has 0 aromatic rings. The second-order valence-electron chi connectivity index (χ2n) is 5.61. The molecule has 1 aliphatic rings. The molecular weight excluding hydrogens is 212 g/mol. The standard InChI is InChI=1S/C14H28N2O/c1-3-4-6-11(2)16-14(17)10-12-7-5-8-13(15)9-12/h11-13H,3-10,15H2,1-2H3,(H,16,17). The zero-order chi connectivity index (χ0) is 12.7. The monoisotopic (exact) mass is 240 g/mol. The molecule has 100 valence electrons. The highest BCUT2D eigenvalue weighted by Gasteiger charge is 2.21. The fourth-order valence-electron chi connectivity index (χ4n) is 2.70. The Morgan fingerprint density at radius 3 is 2.88 bits per heavy atom. The molecule has 3 N–H and O–H groups in total. The molecule has 1 saturated carbocycles. The number of nitrogens with two attached hydrogens (primary N) is 1. The fourth-order valence-corrected chi connectivity index (χ4v) is 2.70. The first-order chi connectivity index (χ1) is 8.11. The average Bonchev–Trinajstić information content (AvgIpc) is 2.26. The van der Waals surface area contributed by atoms with Crippen molar-refractivity contribution in [3.63, 3.8) is 0 Å². The Balaban J connectivity index is 2.19. The van der Waals surface area contributed by atoms with Crippen LogP contribution in [0.25, 0.3) is 0 Å². The predicted octanol–water partition coefficient (Wildman–Crippen LogP) is 2.59. The topological polar surface area (TPSA) is 55.1 Å². The first-order valence-corrected chi connectivity index (χ1v) is 7.16. The van der Waals surface area contributed by atoms with E-state index in [1.165, 1.54) is 25.7 Å². The lowest BCUT2D eigenvalue weighted by atomic mass is 9.84. The molecule has 1 rings (SSSR count). The summed E-state index contributed by atoms with van der Waals surface area (Å²) in [5, 5.41) is 3.10. The van der Waals surface area contributed by atoms with Crippen molar-refractivity contribution < 1.29 is 4.79 Å². The second kappa shape index (κ2) is 7.70. The Kier molecular flexibility index (Phi) is 6.56. The van der Waals surface area contributed by atoms with Crippen molar-refractivity contribution in [2.45, 2.75) is 77.3 Å². The smallest absolute Gasteiger partial charge is 0.220 e. The number of carbonyl (C=O) groups is 1. The van der Waals surface area contributed by atoms with Gasteiger partial charge in [-0.3, -0.25) is 4.79 Å². The number of amides is 1. The minimum atomic E-state index is 0.215. The van der Waals surface area contributed by atoms with Crippen LogP contribution in [0.4, 0.5) is 0 Å². The molecule has 0 aliphatic heterocycles. The Bertz CT molecular complexity index is 230. The van der Waals surface area contributed by atoms with Crippen LogP contribution in [0.1, 0.15) is 65.2 Å². The van der Waals surface area contributed by atoms with Crippen molar-refractivity contribution in [2.24, 2.45) is 11.7 Å². The molecule has 1 fully saturated rings. The second-order valence-corrected chi connectivity index (χ2v) is 5.61. The van der Waals surface area contributed by atoms with Gasteiger partial charge in [0.05, 0.1) is 0 Å². The van der Waals surface area contributed by atoms with Crippen LogP contribution >= 0.6 is 0 Å². The Morgan fingerprint density at radius 1 is 1.47 bits per heavy atom. The third kappa shape index (κ3) is 6.06. The van der Waals surface area contributed by atoms with E-state index in [0.717, 1.165) is 19.3 Å². The zero-order valence-corrected chi connectivity index (χ0v) is 11.4. The van der Waals surface area contributed by atoms with E-state index in [4.69, 9.17) is 5.73 Å². The summed E-state index contributed by atoms with van der Waals surface area (Å²) in [7, 11) is 0. The van der Waals surface area contributed by atoms with Crippen molar-refractivity contribution in [2.75, 3.05) is 0 Å². The van der Waals surface area contributed by atoms with Crippen LogP contribution in [0, 0.1) is 5.92 Å². The maximum absolute atomic E-state index is 11.8. The quantitative estimate of drug-likeness (QED) is 0.750. The lowest BCUT2D eigenvalue weighted by molar-refractivity contribution is -0.122. The van der Waals surface area contributed by atoms with Gasteiger partial charge in [-0.2, -0.15) is 0 Å². The molecule has 0 radical (unpaired) electrons. The van der Waals surface area contributed by atoms with E-state index >= 15 is 0 Å². The molecule has 17 heavy (non-hydrogen) atoms. The fraction of sp³-hybridized carbons (Fsp3) is 0.929. The van der Waals surface area contributed by atoms with Gasteiger partial charge in [-0.15, -0.1) is 0 Å². The highest BCUT2D eigenvalue weighted by atomic mass is 16.1. The van der Waals surface area contributed by atoms with Gasteiger partial charge in [-0.1, -0.05) is 26.2 Å². The van der Waals surface area contributed by atoms with E-state index < -0.39 is 0 Å². The van der Waals surface area contributed by atoms with E-state index in [-0.39, 0.29) is 5.91 Å². The summed E-state index contributed by atoms with van der Waals surface area (Å²) in [6, 6.07) is 0.638. The molecular formula is C14H28N2O. The van der Waals surface area contributed by atoms with Crippen LogP contribution < -0.4 is 11.1 Å². The number of nitrogens with one attached hydrogen (secondary N) is 1. The van der Waals surface area contributed by atoms with Crippen molar-refractivity contribution in [3.8, 4) is 0 Å². The summed E-state index contributed by atoms with van der Waals surface area (Å²) in [6.07, 6.45) is 8.65. The highest BCUT2D eigenvalue weighted by molar-refractivity contribution is 5.76. The largest absolute Gasteiger partial charge is 0.354 e. The van der Waals surface area contributed by atoms with Gasteiger partial charge >= 0.3 is 0 Å². The summed E-state index contributed by atoms with van der Waals surface area (Å²) < 4.78 is 0.